The Morgan fingerprint density at radius 2 is 1.55 bits per heavy atom. The zero-order valence-electron chi connectivity index (χ0n) is 35.3. The lowest BCUT2D eigenvalue weighted by molar-refractivity contribution is -0.164. The lowest BCUT2D eigenvalue weighted by Gasteiger charge is -2.63. The number of halogens is 3. The quantitative estimate of drug-likeness (QED) is 0.194. The molecule has 1 saturated carbocycles. The number of rotatable bonds is 9. The van der Waals surface area contributed by atoms with Gasteiger partial charge >= 0.3 is 6.18 Å². The highest BCUT2D eigenvalue weighted by molar-refractivity contribution is 5.99. The highest BCUT2D eigenvalue weighted by atomic mass is 19.4. The highest BCUT2D eigenvalue weighted by Gasteiger charge is 2.64. The number of nitrogens with one attached hydrogen (secondary N) is 2. The summed E-state index contributed by atoms with van der Waals surface area (Å²) in [6, 6.07) is 17.2. The number of piperidine rings is 2. The molecule has 0 unspecified atom stereocenters. The molecule has 3 amide bonds. The van der Waals surface area contributed by atoms with Crippen LogP contribution in [-0.4, -0.2) is 90.4 Å². The third kappa shape index (κ3) is 8.22. The predicted molar refractivity (Wildman–Crippen MR) is 227 cm³/mol. The van der Waals surface area contributed by atoms with Crippen molar-refractivity contribution >= 4 is 39.9 Å². The first-order chi connectivity index (χ1) is 29.4. The van der Waals surface area contributed by atoms with Crippen LogP contribution in [0.5, 0.6) is 5.75 Å². The molecule has 4 aliphatic rings. The van der Waals surface area contributed by atoms with Gasteiger partial charge < -0.3 is 19.9 Å². The van der Waals surface area contributed by atoms with Gasteiger partial charge in [-0.05, 0) is 85.8 Å². The molecular formula is C46H51F3N8O5. The van der Waals surface area contributed by atoms with Crippen molar-refractivity contribution in [3.8, 4) is 11.8 Å². The molecular weight excluding hydrogens is 802 g/mol. The van der Waals surface area contributed by atoms with Crippen LogP contribution in [0.15, 0.2) is 71.7 Å². The Hall–Kier alpha value is -5.95. The normalized spacial score (nSPS) is 23.0. The molecule has 0 radical (unpaired) electrons. The van der Waals surface area contributed by atoms with Crippen LogP contribution in [0, 0.1) is 28.1 Å². The summed E-state index contributed by atoms with van der Waals surface area (Å²) in [4.78, 5) is 57.9. The predicted octanol–water partition coefficient (Wildman–Crippen LogP) is 5.92. The van der Waals surface area contributed by atoms with Crippen LogP contribution in [0.3, 0.4) is 0 Å². The van der Waals surface area contributed by atoms with Crippen molar-refractivity contribution in [2.24, 2.45) is 16.7 Å². The van der Waals surface area contributed by atoms with Gasteiger partial charge in [-0.1, -0.05) is 27.7 Å². The number of piperazine rings is 1. The number of carbonyl (C=O) groups is 3. The minimum absolute atomic E-state index is 0.0230. The van der Waals surface area contributed by atoms with E-state index in [-0.39, 0.29) is 42.0 Å². The summed E-state index contributed by atoms with van der Waals surface area (Å²) in [5, 5.41) is 20.1. The molecule has 0 bridgehead atoms. The molecule has 1 aromatic heterocycles. The molecule has 2 N–H and O–H groups in total. The molecule has 3 saturated heterocycles. The SMILES string of the molecule is CC1(C)[C@H](NC(=O)c2ccc(N3CCC(CN4CCN(c5ccc6c(=O)n([C@H]7CCC(=O)NC7=O)ncc6c5)CC4)CC3)cc2)C(C)(C)[C@H]1Oc1ccc(C#N)c(C(F)(F)F)c1. The second-order valence-electron chi connectivity index (χ2n) is 18.3. The average molecular weight is 853 g/mol. The molecule has 1 aliphatic carbocycles. The second kappa shape index (κ2) is 16.4. The number of nitrogens with zero attached hydrogens (tertiary/aromatic N) is 6. The number of imide groups is 1. The number of nitriles is 1. The molecule has 0 spiro atoms. The zero-order valence-corrected chi connectivity index (χ0v) is 35.3. The molecule has 8 rings (SSSR count). The van der Waals surface area contributed by atoms with Gasteiger partial charge in [0.15, 0.2) is 0 Å². The molecule has 4 heterocycles. The molecule has 1 atom stereocenters. The maximum atomic E-state index is 13.6. The minimum Gasteiger partial charge on any atom is -0.489 e. The number of anilines is 2. The molecule has 326 valence electrons. The third-order valence-electron chi connectivity index (χ3n) is 13.4. The van der Waals surface area contributed by atoms with E-state index in [0.29, 0.717) is 22.3 Å². The van der Waals surface area contributed by atoms with Gasteiger partial charge in [-0.3, -0.25) is 29.4 Å². The first kappa shape index (κ1) is 42.7. The fraction of sp³-hybridized carbons (Fsp3) is 0.478. The molecule has 4 aromatic rings. The van der Waals surface area contributed by atoms with Crippen molar-refractivity contribution < 1.29 is 32.3 Å². The van der Waals surface area contributed by atoms with Crippen molar-refractivity contribution in [1.29, 1.82) is 5.26 Å². The Bertz CT molecular complexity index is 2470. The van der Waals surface area contributed by atoms with Crippen molar-refractivity contribution in [1.82, 2.24) is 25.3 Å². The van der Waals surface area contributed by atoms with Crippen LogP contribution in [0.25, 0.3) is 10.8 Å². The number of fused-ring (bicyclic) bond motifs is 1. The van der Waals surface area contributed by atoms with Gasteiger partial charge in [-0.15, -0.1) is 0 Å². The number of hydrogen-bond donors (Lipinski definition) is 2. The first-order valence-corrected chi connectivity index (χ1v) is 21.2. The monoisotopic (exact) mass is 852 g/mol. The van der Waals surface area contributed by atoms with E-state index in [0.717, 1.165) is 82.2 Å². The smallest absolute Gasteiger partial charge is 0.417 e. The first-order valence-electron chi connectivity index (χ1n) is 21.2. The van der Waals surface area contributed by atoms with Crippen molar-refractivity contribution in [2.45, 2.75) is 77.7 Å². The van der Waals surface area contributed by atoms with E-state index in [4.69, 9.17) is 10.00 Å². The number of amides is 3. The molecule has 4 fully saturated rings. The Labute approximate surface area is 357 Å². The van der Waals surface area contributed by atoms with E-state index in [2.05, 4.69) is 30.4 Å². The Morgan fingerprint density at radius 1 is 0.887 bits per heavy atom. The summed E-state index contributed by atoms with van der Waals surface area (Å²) in [5.41, 5.74) is -0.442. The topological polar surface area (TPSA) is 153 Å². The van der Waals surface area contributed by atoms with Gasteiger partial charge in [0.05, 0.1) is 28.8 Å². The van der Waals surface area contributed by atoms with E-state index >= 15 is 0 Å². The number of ether oxygens (including phenoxy) is 1. The van der Waals surface area contributed by atoms with E-state index in [9.17, 15) is 32.3 Å². The van der Waals surface area contributed by atoms with Gasteiger partial charge in [0, 0.05) is 91.4 Å². The molecule has 62 heavy (non-hydrogen) atoms. The third-order valence-corrected chi connectivity index (χ3v) is 13.4. The lowest BCUT2D eigenvalue weighted by Crippen LogP contribution is -2.74. The minimum atomic E-state index is -4.69. The van der Waals surface area contributed by atoms with Crippen molar-refractivity contribution in [3.05, 3.63) is 93.9 Å². The van der Waals surface area contributed by atoms with Crippen LogP contribution in [0.2, 0.25) is 0 Å². The van der Waals surface area contributed by atoms with Crippen LogP contribution in [0.4, 0.5) is 24.5 Å². The van der Waals surface area contributed by atoms with E-state index in [1.807, 2.05) is 64.1 Å². The number of carbonyl (C=O) groups excluding carboxylic acids is 3. The maximum absolute atomic E-state index is 13.6. The summed E-state index contributed by atoms with van der Waals surface area (Å²) in [6.07, 6.45) is -1.04. The van der Waals surface area contributed by atoms with Gasteiger partial charge in [0.1, 0.15) is 17.9 Å². The standard InChI is InChI=1S/C46H51F3N8O5/c1-44(2)42(45(3,4)43(44)62-34-11-7-30(25-50)36(24-34)46(47,48)49)53-39(59)29-5-8-32(9-6-29)55-17-15-28(16-18-55)27-54-19-21-56(22-20-54)33-10-12-35-31(23-33)26-51-57(41(35)61)37-13-14-38(58)52-40(37)60/h5-12,23-24,26,28,37,42-43H,13-22,27H2,1-4H3,(H,53,59)(H,52,58,60)/t37-,42-,43-/m0/s1. The fourth-order valence-corrected chi connectivity index (χ4v) is 10.3. The van der Waals surface area contributed by atoms with Crippen LogP contribution >= 0.6 is 0 Å². The summed E-state index contributed by atoms with van der Waals surface area (Å²) in [6.45, 7) is 14.2. The molecule has 3 aliphatic heterocycles. The average Bonchev–Trinajstić information content (AvgIpc) is 3.25. The van der Waals surface area contributed by atoms with Gasteiger partial charge in [0.2, 0.25) is 5.91 Å². The van der Waals surface area contributed by atoms with E-state index in [1.165, 1.54) is 10.7 Å². The largest absolute Gasteiger partial charge is 0.489 e. The lowest BCUT2D eigenvalue weighted by atomic mass is 9.49. The van der Waals surface area contributed by atoms with Crippen LogP contribution in [-0.2, 0) is 15.8 Å². The number of aromatic nitrogens is 2. The maximum Gasteiger partial charge on any atom is 0.417 e. The number of alkyl halides is 3. The van der Waals surface area contributed by atoms with Gasteiger partial charge in [0.25, 0.3) is 17.4 Å². The Balaban J connectivity index is 0.797. The summed E-state index contributed by atoms with van der Waals surface area (Å²) < 4.78 is 48.1. The molecule has 13 nitrogen and oxygen atoms in total. The Kier molecular flexibility index (Phi) is 11.3. The number of benzene rings is 3. The molecule has 16 heteroatoms. The van der Waals surface area contributed by atoms with E-state index < -0.39 is 46.2 Å². The van der Waals surface area contributed by atoms with Crippen molar-refractivity contribution in [3.63, 3.8) is 0 Å². The van der Waals surface area contributed by atoms with Crippen molar-refractivity contribution in [2.75, 3.05) is 55.6 Å². The number of hydrogen-bond acceptors (Lipinski definition) is 10. The Morgan fingerprint density at radius 3 is 2.19 bits per heavy atom. The summed E-state index contributed by atoms with van der Waals surface area (Å²) >= 11 is 0. The zero-order chi connectivity index (χ0) is 44.1. The summed E-state index contributed by atoms with van der Waals surface area (Å²) in [7, 11) is 0. The highest BCUT2D eigenvalue weighted by Crippen LogP contribution is 2.56. The fourth-order valence-electron chi connectivity index (χ4n) is 10.3. The van der Waals surface area contributed by atoms with E-state index in [1.54, 1.807) is 18.3 Å². The molecule has 3 aromatic carbocycles. The van der Waals surface area contributed by atoms with Gasteiger partial charge in [-0.25, -0.2) is 4.68 Å². The summed E-state index contributed by atoms with van der Waals surface area (Å²) in [5.74, 6) is -0.474. The van der Waals surface area contributed by atoms with Crippen LogP contribution in [0.1, 0.15) is 80.9 Å². The second-order valence-corrected chi connectivity index (χ2v) is 18.3. The van der Waals surface area contributed by atoms with Crippen LogP contribution < -0.4 is 30.7 Å². The van der Waals surface area contributed by atoms with Gasteiger partial charge in [-0.2, -0.15) is 23.5 Å².